The molecule has 0 saturated heterocycles. The quantitative estimate of drug-likeness (QED) is 0.858. The summed E-state index contributed by atoms with van der Waals surface area (Å²) in [6.45, 7) is 1.94. The standard InChI is InChI=1S/C10H14ClFN2O2S/c1-2-7(6-13)14-17(15,16)9-5-3-4-8(11)10(9)12/h3-5,7,14H,2,6,13H2,1H3. The van der Waals surface area contributed by atoms with Crippen molar-refractivity contribution in [1.29, 1.82) is 0 Å². The van der Waals surface area contributed by atoms with E-state index in [0.717, 1.165) is 6.07 Å². The third-order valence-corrected chi connectivity index (χ3v) is 4.13. The van der Waals surface area contributed by atoms with Crippen LogP contribution in [-0.2, 0) is 10.0 Å². The van der Waals surface area contributed by atoms with Gasteiger partial charge in [-0.2, -0.15) is 0 Å². The van der Waals surface area contributed by atoms with Crippen LogP contribution in [0.15, 0.2) is 23.1 Å². The highest BCUT2D eigenvalue weighted by Gasteiger charge is 2.23. The Morgan fingerprint density at radius 1 is 1.53 bits per heavy atom. The molecule has 1 rings (SSSR count). The number of benzene rings is 1. The minimum absolute atomic E-state index is 0.151. The van der Waals surface area contributed by atoms with Crippen LogP contribution in [0.3, 0.4) is 0 Å². The van der Waals surface area contributed by atoms with Crippen molar-refractivity contribution in [1.82, 2.24) is 4.72 Å². The first kappa shape index (κ1) is 14.4. The molecule has 0 aliphatic rings. The summed E-state index contributed by atoms with van der Waals surface area (Å²) in [5.74, 6) is -0.950. The van der Waals surface area contributed by atoms with Gasteiger partial charge in [-0.1, -0.05) is 24.6 Å². The number of nitrogens with one attached hydrogen (secondary N) is 1. The zero-order valence-electron chi connectivity index (χ0n) is 9.28. The van der Waals surface area contributed by atoms with E-state index in [1.807, 2.05) is 0 Å². The Kier molecular flexibility index (Phi) is 4.88. The molecule has 7 heteroatoms. The number of nitrogens with two attached hydrogens (primary N) is 1. The molecule has 0 aliphatic carbocycles. The third kappa shape index (κ3) is 3.38. The van der Waals surface area contributed by atoms with Crippen LogP contribution in [-0.4, -0.2) is 21.0 Å². The van der Waals surface area contributed by atoms with Crippen LogP contribution in [0.2, 0.25) is 5.02 Å². The van der Waals surface area contributed by atoms with E-state index in [9.17, 15) is 12.8 Å². The van der Waals surface area contributed by atoms with E-state index in [-0.39, 0.29) is 11.6 Å². The molecule has 3 N–H and O–H groups in total. The fourth-order valence-corrected chi connectivity index (χ4v) is 2.94. The molecule has 0 aliphatic heterocycles. The highest BCUT2D eigenvalue weighted by molar-refractivity contribution is 7.89. The lowest BCUT2D eigenvalue weighted by molar-refractivity contribution is 0.530. The third-order valence-electron chi connectivity index (χ3n) is 2.30. The van der Waals surface area contributed by atoms with Crippen molar-refractivity contribution < 1.29 is 12.8 Å². The van der Waals surface area contributed by atoms with Crippen molar-refractivity contribution in [2.75, 3.05) is 6.54 Å². The van der Waals surface area contributed by atoms with Crippen molar-refractivity contribution in [3.63, 3.8) is 0 Å². The molecule has 1 aromatic rings. The molecule has 0 aromatic heterocycles. The van der Waals surface area contributed by atoms with Crippen molar-refractivity contribution >= 4 is 21.6 Å². The van der Waals surface area contributed by atoms with E-state index >= 15 is 0 Å². The van der Waals surface area contributed by atoms with Gasteiger partial charge in [-0.15, -0.1) is 0 Å². The van der Waals surface area contributed by atoms with Crippen molar-refractivity contribution in [3.8, 4) is 0 Å². The van der Waals surface area contributed by atoms with Crippen LogP contribution in [0, 0.1) is 5.82 Å². The van der Waals surface area contributed by atoms with Crippen LogP contribution >= 0.6 is 11.6 Å². The zero-order chi connectivity index (χ0) is 13.1. The Hall–Kier alpha value is -0.690. The maximum absolute atomic E-state index is 13.6. The molecule has 0 saturated carbocycles. The van der Waals surface area contributed by atoms with Crippen LogP contribution in [0.5, 0.6) is 0 Å². The van der Waals surface area contributed by atoms with Gasteiger partial charge in [-0.05, 0) is 18.6 Å². The molecular formula is C10H14ClFN2O2S. The minimum Gasteiger partial charge on any atom is -0.329 e. The molecule has 0 amide bonds. The van der Waals surface area contributed by atoms with Gasteiger partial charge in [-0.3, -0.25) is 0 Å². The van der Waals surface area contributed by atoms with Gasteiger partial charge in [0.2, 0.25) is 10.0 Å². The van der Waals surface area contributed by atoms with E-state index < -0.39 is 26.8 Å². The van der Waals surface area contributed by atoms with Gasteiger partial charge in [0.15, 0.2) is 5.82 Å². The van der Waals surface area contributed by atoms with E-state index in [2.05, 4.69) is 4.72 Å². The predicted octanol–water partition coefficient (Wildman–Crippen LogP) is 1.49. The van der Waals surface area contributed by atoms with E-state index in [4.69, 9.17) is 17.3 Å². The average Bonchev–Trinajstić information content (AvgIpc) is 2.29. The molecular weight excluding hydrogens is 267 g/mol. The molecule has 17 heavy (non-hydrogen) atoms. The van der Waals surface area contributed by atoms with Crippen LogP contribution in [0.4, 0.5) is 4.39 Å². The van der Waals surface area contributed by atoms with Crippen molar-refractivity contribution in [2.24, 2.45) is 5.73 Å². The van der Waals surface area contributed by atoms with E-state index in [1.165, 1.54) is 12.1 Å². The van der Waals surface area contributed by atoms with Crippen molar-refractivity contribution in [3.05, 3.63) is 29.0 Å². The number of rotatable bonds is 5. The molecule has 0 radical (unpaired) electrons. The Balaban J connectivity index is 3.09. The predicted molar refractivity (Wildman–Crippen MR) is 64.9 cm³/mol. The second-order valence-electron chi connectivity index (χ2n) is 3.51. The van der Waals surface area contributed by atoms with Crippen LogP contribution in [0.25, 0.3) is 0 Å². The first-order valence-electron chi connectivity index (χ1n) is 5.08. The summed E-state index contributed by atoms with van der Waals surface area (Å²) >= 11 is 5.53. The maximum atomic E-state index is 13.6. The first-order valence-corrected chi connectivity index (χ1v) is 6.95. The molecule has 0 fully saturated rings. The summed E-state index contributed by atoms with van der Waals surface area (Å²) in [4.78, 5) is -0.461. The summed E-state index contributed by atoms with van der Waals surface area (Å²) < 4.78 is 39.6. The van der Waals surface area contributed by atoms with Gasteiger partial charge < -0.3 is 5.73 Å². The number of hydrogen-bond donors (Lipinski definition) is 2. The van der Waals surface area contributed by atoms with Gasteiger partial charge in [0.05, 0.1) is 5.02 Å². The zero-order valence-corrected chi connectivity index (χ0v) is 10.9. The summed E-state index contributed by atoms with van der Waals surface area (Å²) in [7, 11) is -3.93. The van der Waals surface area contributed by atoms with Gasteiger partial charge in [0.25, 0.3) is 0 Å². The second-order valence-corrected chi connectivity index (χ2v) is 5.60. The molecule has 1 aromatic carbocycles. The number of hydrogen-bond acceptors (Lipinski definition) is 3. The molecule has 0 bridgehead atoms. The Morgan fingerprint density at radius 3 is 2.71 bits per heavy atom. The normalized spacial score (nSPS) is 13.6. The van der Waals surface area contributed by atoms with Crippen LogP contribution < -0.4 is 10.5 Å². The highest BCUT2D eigenvalue weighted by atomic mass is 35.5. The molecule has 1 unspecified atom stereocenters. The number of sulfonamides is 1. The Morgan fingerprint density at radius 2 is 2.18 bits per heavy atom. The fraction of sp³-hybridized carbons (Fsp3) is 0.400. The maximum Gasteiger partial charge on any atom is 0.243 e. The lowest BCUT2D eigenvalue weighted by Gasteiger charge is -2.15. The van der Waals surface area contributed by atoms with Gasteiger partial charge in [-0.25, -0.2) is 17.5 Å². The molecule has 96 valence electrons. The van der Waals surface area contributed by atoms with Crippen molar-refractivity contribution in [2.45, 2.75) is 24.3 Å². The summed E-state index contributed by atoms with van der Waals surface area (Å²) in [5.41, 5.74) is 5.39. The largest absolute Gasteiger partial charge is 0.329 e. The average molecular weight is 281 g/mol. The SMILES string of the molecule is CCC(CN)NS(=O)(=O)c1cccc(Cl)c1F. The lowest BCUT2D eigenvalue weighted by Crippen LogP contribution is -2.39. The molecule has 1 atom stereocenters. The second kappa shape index (κ2) is 5.77. The molecule has 0 heterocycles. The van der Waals surface area contributed by atoms with Gasteiger partial charge >= 0.3 is 0 Å². The monoisotopic (exact) mass is 280 g/mol. The van der Waals surface area contributed by atoms with E-state index in [0.29, 0.717) is 6.42 Å². The topological polar surface area (TPSA) is 72.2 Å². The van der Waals surface area contributed by atoms with Gasteiger partial charge in [0.1, 0.15) is 4.90 Å². The molecule has 4 nitrogen and oxygen atoms in total. The Bertz CT molecular complexity index is 489. The minimum atomic E-state index is -3.93. The smallest absolute Gasteiger partial charge is 0.243 e. The summed E-state index contributed by atoms with van der Waals surface area (Å²) in [6, 6.07) is 3.41. The first-order chi connectivity index (χ1) is 7.92. The van der Waals surface area contributed by atoms with Gasteiger partial charge in [0, 0.05) is 12.6 Å². The van der Waals surface area contributed by atoms with Crippen LogP contribution in [0.1, 0.15) is 13.3 Å². The lowest BCUT2D eigenvalue weighted by atomic mass is 10.2. The highest BCUT2D eigenvalue weighted by Crippen LogP contribution is 2.21. The number of halogens is 2. The van der Waals surface area contributed by atoms with E-state index in [1.54, 1.807) is 6.92 Å². The molecule has 0 spiro atoms. The summed E-state index contributed by atoms with van der Waals surface area (Å²) in [6.07, 6.45) is 0.526. The Labute approximate surface area is 105 Å². The fourth-order valence-electron chi connectivity index (χ4n) is 1.27. The summed E-state index contributed by atoms with van der Waals surface area (Å²) in [5, 5.41) is -0.228.